The second kappa shape index (κ2) is 5.69. The maximum absolute atomic E-state index is 12.7. The Morgan fingerprint density at radius 1 is 1.35 bits per heavy atom. The van der Waals surface area contributed by atoms with Gasteiger partial charge in [0.2, 0.25) is 10.0 Å². The molecule has 1 fully saturated rings. The number of sulfonamides is 1. The third-order valence-corrected chi connectivity index (χ3v) is 5.77. The molecule has 0 spiro atoms. The summed E-state index contributed by atoms with van der Waals surface area (Å²) in [7, 11) is -3.46. The summed E-state index contributed by atoms with van der Waals surface area (Å²) < 4.78 is 27.1. The highest BCUT2D eigenvalue weighted by Gasteiger charge is 2.33. The Kier molecular flexibility index (Phi) is 4.34. The van der Waals surface area contributed by atoms with E-state index in [1.807, 2.05) is 6.92 Å². The summed E-state index contributed by atoms with van der Waals surface area (Å²) >= 11 is 0. The Balaban J connectivity index is 2.27. The van der Waals surface area contributed by atoms with Crippen molar-refractivity contribution in [2.24, 2.45) is 5.41 Å². The van der Waals surface area contributed by atoms with E-state index in [0.29, 0.717) is 25.3 Å². The van der Waals surface area contributed by atoms with Crippen LogP contribution in [0.15, 0.2) is 23.4 Å². The van der Waals surface area contributed by atoms with E-state index >= 15 is 0 Å². The van der Waals surface area contributed by atoms with E-state index in [2.05, 4.69) is 24.1 Å². The molecule has 6 heteroatoms. The van der Waals surface area contributed by atoms with Crippen LogP contribution in [-0.2, 0) is 10.0 Å². The van der Waals surface area contributed by atoms with Crippen LogP contribution in [0.5, 0.6) is 0 Å². The van der Waals surface area contributed by atoms with Crippen molar-refractivity contribution >= 4 is 15.7 Å². The number of aromatic nitrogens is 1. The number of hydrogen-bond donors (Lipinski definition) is 1. The van der Waals surface area contributed by atoms with Gasteiger partial charge in [0.25, 0.3) is 0 Å². The van der Waals surface area contributed by atoms with Crippen molar-refractivity contribution in [3.05, 3.63) is 18.5 Å². The molecule has 112 valence electrons. The Labute approximate surface area is 121 Å². The first kappa shape index (κ1) is 15.3. The SMILES string of the molecule is CCNc1ccncc1S(=O)(=O)N1CCC(C)(C)CC1. The van der Waals surface area contributed by atoms with Crippen LogP contribution < -0.4 is 5.32 Å². The Morgan fingerprint density at radius 2 is 2.00 bits per heavy atom. The number of pyridine rings is 1. The molecule has 0 saturated carbocycles. The minimum Gasteiger partial charge on any atom is -0.384 e. The number of nitrogens with zero attached hydrogens (tertiary/aromatic N) is 2. The summed E-state index contributed by atoms with van der Waals surface area (Å²) in [6.07, 6.45) is 4.83. The normalized spacial score (nSPS) is 19.8. The maximum atomic E-state index is 12.7. The van der Waals surface area contributed by atoms with Gasteiger partial charge in [-0.2, -0.15) is 4.31 Å². The summed E-state index contributed by atoms with van der Waals surface area (Å²) in [5.74, 6) is 0. The molecule has 0 amide bonds. The third-order valence-electron chi connectivity index (χ3n) is 3.85. The fourth-order valence-corrected chi connectivity index (χ4v) is 3.95. The molecule has 0 aliphatic carbocycles. The molecule has 1 aliphatic heterocycles. The number of nitrogens with one attached hydrogen (secondary N) is 1. The number of hydrogen-bond acceptors (Lipinski definition) is 4. The molecule has 1 N–H and O–H groups in total. The smallest absolute Gasteiger partial charge is 0.246 e. The van der Waals surface area contributed by atoms with Gasteiger partial charge in [-0.15, -0.1) is 0 Å². The van der Waals surface area contributed by atoms with E-state index in [9.17, 15) is 8.42 Å². The molecule has 1 saturated heterocycles. The lowest BCUT2D eigenvalue weighted by atomic mass is 9.83. The van der Waals surface area contributed by atoms with E-state index in [1.54, 1.807) is 16.6 Å². The summed E-state index contributed by atoms with van der Waals surface area (Å²) in [5, 5.41) is 3.09. The highest BCUT2D eigenvalue weighted by atomic mass is 32.2. The van der Waals surface area contributed by atoms with E-state index in [4.69, 9.17) is 0 Å². The van der Waals surface area contributed by atoms with Gasteiger partial charge < -0.3 is 5.32 Å². The van der Waals surface area contributed by atoms with Crippen LogP contribution in [0.1, 0.15) is 33.6 Å². The molecule has 1 aromatic rings. The minimum atomic E-state index is -3.46. The molecule has 1 aliphatic rings. The quantitative estimate of drug-likeness (QED) is 0.926. The van der Waals surface area contributed by atoms with Crippen molar-refractivity contribution in [2.75, 3.05) is 25.0 Å². The molecule has 2 rings (SSSR count). The first-order chi connectivity index (χ1) is 9.37. The van der Waals surface area contributed by atoms with E-state index in [1.165, 1.54) is 6.20 Å². The van der Waals surface area contributed by atoms with Crippen LogP contribution in [-0.4, -0.2) is 37.3 Å². The van der Waals surface area contributed by atoms with E-state index < -0.39 is 10.0 Å². The van der Waals surface area contributed by atoms with Crippen LogP contribution in [0.25, 0.3) is 0 Å². The predicted molar refractivity (Wildman–Crippen MR) is 80.2 cm³/mol. The molecule has 0 unspecified atom stereocenters. The molecule has 0 atom stereocenters. The van der Waals surface area contributed by atoms with Crippen molar-refractivity contribution in [1.82, 2.24) is 9.29 Å². The van der Waals surface area contributed by atoms with Crippen molar-refractivity contribution in [1.29, 1.82) is 0 Å². The first-order valence-electron chi connectivity index (χ1n) is 7.05. The van der Waals surface area contributed by atoms with Gasteiger partial charge in [-0.25, -0.2) is 8.42 Å². The molecule has 0 aromatic carbocycles. The van der Waals surface area contributed by atoms with Gasteiger partial charge >= 0.3 is 0 Å². The average molecular weight is 297 g/mol. The van der Waals surface area contributed by atoms with Crippen molar-refractivity contribution < 1.29 is 8.42 Å². The molecule has 2 heterocycles. The van der Waals surface area contributed by atoms with Crippen molar-refractivity contribution in [3.63, 3.8) is 0 Å². The van der Waals surface area contributed by atoms with Gasteiger partial charge in [0.05, 0.1) is 5.69 Å². The topological polar surface area (TPSA) is 62.3 Å². The fraction of sp³-hybridized carbons (Fsp3) is 0.643. The Morgan fingerprint density at radius 3 is 2.60 bits per heavy atom. The maximum Gasteiger partial charge on any atom is 0.246 e. The molecule has 1 aromatic heterocycles. The highest BCUT2D eigenvalue weighted by Crippen LogP contribution is 2.33. The summed E-state index contributed by atoms with van der Waals surface area (Å²) in [4.78, 5) is 4.25. The molecule has 0 radical (unpaired) electrons. The second-order valence-electron chi connectivity index (χ2n) is 5.97. The first-order valence-corrected chi connectivity index (χ1v) is 8.49. The summed E-state index contributed by atoms with van der Waals surface area (Å²) in [5.41, 5.74) is 0.859. The fourth-order valence-electron chi connectivity index (χ4n) is 2.39. The predicted octanol–water partition coefficient (Wildman–Crippen LogP) is 2.32. The third kappa shape index (κ3) is 3.12. The van der Waals surface area contributed by atoms with Crippen LogP contribution in [0.3, 0.4) is 0 Å². The standard InChI is InChI=1S/C14H23N3O2S/c1-4-16-12-5-8-15-11-13(12)20(18,19)17-9-6-14(2,3)7-10-17/h5,8,11H,4,6-7,9-10H2,1-3H3,(H,15,16). The number of anilines is 1. The van der Waals surface area contributed by atoms with Gasteiger partial charge in [0.15, 0.2) is 0 Å². The van der Waals surface area contributed by atoms with E-state index in [0.717, 1.165) is 12.8 Å². The van der Waals surface area contributed by atoms with Gasteiger partial charge in [-0.05, 0) is 31.2 Å². The minimum absolute atomic E-state index is 0.228. The zero-order valence-electron chi connectivity index (χ0n) is 12.4. The van der Waals surface area contributed by atoms with Crippen LogP contribution >= 0.6 is 0 Å². The lowest BCUT2D eigenvalue weighted by molar-refractivity contribution is 0.196. The molecule has 5 nitrogen and oxygen atoms in total. The van der Waals surface area contributed by atoms with Crippen molar-refractivity contribution in [2.45, 2.75) is 38.5 Å². The number of piperidine rings is 1. The van der Waals surface area contributed by atoms with Crippen LogP contribution in [0.2, 0.25) is 0 Å². The van der Waals surface area contributed by atoms with Gasteiger partial charge in [-0.1, -0.05) is 13.8 Å². The van der Waals surface area contributed by atoms with E-state index in [-0.39, 0.29) is 10.3 Å². The number of rotatable bonds is 4. The zero-order valence-corrected chi connectivity index (χ0v) is 13.2. The van der Waals surface area contributed by atoms with Crippen LogP contribution in [0, 0.1) is 5.41 Å². The summed E-state index contributed by atoms with van der Waals surface area (Å²) in [6.45, 7) is 8.15. The average Bonchev–Trinajstić information content (AvgIpc) is 2.39. The second-order valence-corrected chi connectivity index (χ2v) is 7.88. The van der Waals surface area contributed by atoms with Crippen LogP contribution in [0.4, 0.5) is 5.69 Å². The molecular weight excluding hydrogens is 274 g/mol. The van der Waals surface area contributed by atoms with Gasteiger partial charge in [0, 0.05) is 32.0 Å². The zero-order chi connectivity index (χ0) is 14.8. The van der Waals surface area contributed by atoms with Crippen molar-refractivity contribution in [3.8, 4) is 0 Å². The Bertz CT molecular complexity index is 560. The molecule has 20 heavy (non-hydrogen) atoms. The van der Waals surface area contributed by atoms with Gasteiger partial charge in [-0.3, -0.25) is 4.98 Å². The molecular formula is C14H23N3O2S. The monoisotopic (exact) mass is 297 g/mol. The highest BCUT2D eigenvalue weighted by molar-refractivity contribution is 7.89. The largest absolute Gasteiger partial charge is 0.384 e. The lowest BCUT2D eigenvalue weighted by Gasteiger charge is -2.36. The Hall–Kier alpha value is -1.14. The summed E-state index contributed by atoms with van der Waals surface area (Å²) in [6, 6.07) is 1.71. The van der Waals surface area contributed by atoms with Gasteiger partial charge in [0.1, 0.15) is 4.90 Å². The lowest BCUT2D eigenvalue weighted by Crippen LogP contribution is -2.41. The molecule has 0 bridgehead atoms.